The number of carboxylic acids is 1. The highest BCUT2D eigenvalue weighted by Gasteiger charge is 2.32. The molecule has 3 rings (SSSR count). The first-order valence-corrected chi connectivity index (χ1v) is 7.63. The summed E-state index contributed by atoms with van der Waals surface area (Å²) in [5.74, 6) is -1.16. The Balaban J connectivity index is 1.83. The molecule has 1 aromatic carbocycles. The van der Waals surface area contributed by atoms with Crippen LogP contribution >= 0.6 is 15.9 Å². The van der Waals surface area contributed by atoms with Gasteiger partial charge < -0.3 is 15.4 Å². The molecule has 1 heterocycles. The van der Waals surface area contributed by atoms with E-state index in [1.54, 1.807) is 6.20 Å². The van der Waals surface area contributed by atoms with E-state index in [4.69, 9.17) is 0 Å². The smallest absolute Gasteiger partial charge is 0.326 e. The highest BCUT2D eigenvalue weighted by molar-refractivity contribution is 9.10. The zero-order chi connectivity index (χ0) is 15.0. The summed E-state index contributed by atoms with van der Waals surface area (Å²) in [6.45, 7) is 0. The van der Waals surface area contributed by atoms with Crippen molar-refractivity contribution >= 4 is 38.7 Å². The second kappa shape index (κ2) is 5.52. The SMILES string of the molecule is O=C(NC(Cc1c[nH]c2cccc(Br)c12)C(=O)O)C1CC1. The number of H-pyrrole nitrogens is 1. The average Bonchev–Trinajstić information content (AvgIpc) is 3.21. The van der Waals surface area contributed by atoms with Crippen LogP contribution in [0, 0.1) is 5.92 Å². The minimum absolute atomic E-state index is 0.00144. The number of hydrogen-bond acceptors (Lipinski definition) is 2. The molecule has 0 spiro atoms. The summed E-state index contributed by atoms with van der Waals surface area (Å²) in [7, 11) is 0. The number of rotatable bonds is 5. The summed E-state index contributed by atoms with van der Waals surface area (Å²) in [5.41, 5.74) is 1.82. The van der Waals surface area contributed by atoms with Gasteiger partial charge in [-0.15, -0.1) is 0 Å². The molecule has 0 aliphatic heterocycles. The van der Waals surface area contributed by atoms with Crippen LogP contribution in [0.5, 0.6) is 0 Å². The molecule has 0 saturated heterocycles. The number of amides is 1. The van der Waals surface area contributed by atoms with E-state index in [0.29, 0.717) is 0 Å². The molecule has 6 heteroatoms. The van der Waals surface area contributed by atoms with E-state index in [1.807, 2.05) is 18.2 Å². The highest BCUT2D eigenvalue weighted by atomic mass is 79.9. The molecule has 1 fully saturated rings. The predicted molar refractivity (Wildman–Crippen MR) is 82.0 cm³/mol. The van der Waals surface area contributed by atoms with Gasteiger partial charge in [0.05, 0.1) is 0 Å². The molecule has 1 aromatic heterocycles. The van der Waals surface area contributed by atoms with E-state index in [1.165, 1.54) is 0 Å². The number of halogens is 1. The Morgan fingerprint density at radius 3 is 2.86 bits per heavy atom. The summed E-state index contributed by atoms with van der Waals surface area (Å²) >= 11 is 3.48. The fraction of sp³-hybridized carbons (Fsp3) is 0.333. The van der Waals surface area contributed by atoms with Gasteiger partial charge in [-0.2, -0.15) is 0 Å². The Labute approximate surface area is 129 Å². The molecule has 1 aliphatic rings. The highest BCUT2D eigenvalue weighted by Crippen LogP contribution is 2.30. The van der Waals surface area contributed by atoms with Crippen molar-refractivity contribution in [2.75, 3.05) is 0 Å². The maximum Gasteiger partial charge on any atom is 0.326 e. The van der Waals surface area contributed by atoms with Crippen LogP contribution in [0.2, 0.25) is 0 Å². The van der Waals surface area contributed by atoms with Crippen molar-refractivity contribution < 1.29 is 14.7 Å². The Morgan fingerprint density at radius 2 is 2.19 bits per heavy atom. The molecule has 0 bridgehead atoms. The Morgan fingerprint density at radius 1 is 1.43 bits per heavy atom. The number of fused-ring (bicyclic) bond motifs is 1. The van der Waals surface area contributed by atoms with Gasteiger partial charge in [-0.1, -0.05) is 22.0 Å². The van der Waals surface area contributed by atoms with Crippen molar-refractivity contribution in [1.29, 1.82) is 0 Å². The molecule has 1 aliphatic carbocycles. The van der Waals surface area contributed by atoms with Crippen LogP contribution in [0.15, 0.2) is 28.9 Å². The first-order chi connectivity index (χ1) is 10.1. The summed E-state index contributed by atoms with van der Waals surface area (Å²) in [4.78, 5) is 26.3. The van der Waals surface area contributed by atoms with Gasteiger partial charge in [0.2, 0.25) is 5.91 Å². The van der Waals surface area contributed by atoms with Crippen LogP contribution in [0.1, 0.15) is 18.4 Å². The Bertz CT molecular complexity index is 706. The van der Waals surface area contributed by atoms with Crippen LogP contribution < -0.4 is 5.32 Å². The number of aliphatic carboxylic acids is 1. The van der Waals surface area contributed by atoms with Gasteiger partial charge in [-0.05, 0) is 30.5 Å². The number of hydrogen-bond donors (Lipinski definition) is 3. The minimum atomic E-state index is -1.01. The van der Waals surface area contributed by atoms with E-state index in [0.717, 1.165) is 33.8 Å². The number of carbonyl (C=O) groups excluding carboxylic acids is 1. The fourth-order valence-electron chi connectivity index (χ4n) is 2.42. The largest absolute Gasteiger partial charge is 0.480 e. The molecule has 2 aromatic rings. The normalized spacial score (nSPS) is 15.9. The lowest BCUT2D eigenvalue weighted by atomic mass is 10.0. The minimum Gasteiger partial charge on any atom is -0.480 e. The third-order valence-electron chi connectivity index (χ3n) is 3.72. The standard InChI is InChI=1S/C15H15BrN2O3/c16-10-2-1-3-11-13(10)9(7-17-11)6-12(15(20)21)18-14(19)8-4-5-8/h1-3,7-8,12,17H,4-6H2,(H,18,19)(H,20,21). The maximum absolute atomic E-state index is 11.8. The van der Waals surface area contributed by atoms with Gasteiger partial charge in [0.1, 0.15) is 6.04 Å². The maximum atomic E-state index is 11.8. The second-order valence-corrected chi connectivity index (χ2v) is 6.21. The van der Waals surface area contributed by atoms with Crippen LogP contribution in [-0.4, -0.2) is 28.0 Å². The summed E-state index contributed by atoms with van der Waals surface area (Å²) in [6, 6.07) is 4.86. The molecule has 3 N–H and O–H groups in total. The average molecular weight is 351 g/mol. The molecule has 1 amide bonds. The summed E-state index contributed by atoms with van der Waals surface area (Å²) < 4.78 is 0.911. The molecule has 1 atom stereocenters. The lowest BCUT2D eigenvalue weighted by Gasteiger charge is -2.14. The topological polar surface area (TPSA) is 82.2 Å². The quantitative estimate of drug-likeness (QED) is 0.774. The summed E-state index contributed by atoms with van der Waals surface area (Å²) in [5, 5.41) is 12.9. The molecule has 0 radical (unpaired) electrons. The van der Waals surface area contributed by atoms with Crippen molar-refractivity contribution in [1.82, 2.24) is 10.3 Å². The lowest BCUT2D eigenvalue weighted by molar-refractivity contribution is -0.141. The number of aromatic nitrogens is 1. The summed E-state index contributed by atoms with van der Waals surface area (Å²) in [6.07, 6.45) is 3.78. The number of benzene rings is 1. The zero-order valence-electron chi connectivity index (χ0n) is 11.2. The number of nitrogens with one attached hydrogen (secondary N) is 2. The number of aromatic amines is 1. The molecular weight excluding hydrogens is 336 g/mol. The van der Waals surface area contributed by atoms with Gasteiger partial charge in [0.25, 0.3) is 0 Å². The molecule has 5 nitrogen and oxygen atoms in total. The molecular formula is C15H15BrN2O3. The van der Waals surface area contributed by atoms with Crippen molar-refractivity contribution in [2.24, 2.45) is 5.92 Å². The van der Waals surface area contributed by atoms with Gasteiger partial charge in [0, 0.05) is 33.9 Å². The molecule has 110 valence electrons. The van der Waals surface area contributed by atoms with E-state index in [-0.39, 0.29) is 18.2 Å². The second-order valence-electron chi connectivity index (χ2n) is 5.35. The molecule has 1 saturated carbocycles. The van der Waals surface area contributed by atoms with Crippen LogP contribution in [0.25, 0.3) is 10.9 Å². The Hall–Kier alpha value is -1.82. The number of carboxylic acid groups (broad SMARTS) is 1. The van der Waals surface area contributed by atoms with Crippen molar-refractivity contribution in [3.63, 3.8) is 0 Å². The zero-order valence-corrected chi connectivity index (χ0v) is 12.8. The Kier molecular flexibility index (Phi) is 3.71. The first-order valence-electron chi connectivity index (χ1n) is 6.84. The molecule has 1 unspecified atom stereocenters. The monoisotopic (exact) mass is 350 g/mol. The first kappa shape index (κ1) is 14.1. The van der Waals surface area contributed by atoms with Crippen molar-refractivity contribution in [3.05, 3.63) is 34.4 Å². The van der Waals surface area contributed by atoms with E-state index >= 15 is 0 Å². The van der Waals surface area contributed by atoms with E-state index in [2.05, 4.69) is 26.2 Å². The number of carbonyl (C=O) groups is 2. The molecule has 21 heavy (non-hydrogen) atoms. The van der Waals surface area contributed by atoms with E-state index in [9.17, 15) is 14.7 Å². The van der Waals surface area contributed by atoms with E-state index < -0.39 is 12.0 Å². The third kappa shape index (κ3) is 2.95. The van der Waals surface area contributed by atoms with Gasteiger partial charge in [0.15, 0.2) is 0 Å². The van der Waals surface area contributed by atoms with Gasteiger partial charge in [-0.25, -0.2) is 4.79 Å². The van der Waals surface area contributed by atoms with Crippen LogP contribution in [-0.2, 0) is 16.0 Å². The predicted octanol–water partition coefficient (Wildman–Crippen LogP) is 2.45. The third-order valence-corrected chi connectivity index (χ3v) is 4.38. The van der Waals surface area contributed by atoms with Crippen LogP contribution in [0.3, 0.4) is 0 Å². The van der Waals surface area contributed by atoms with Gasteiger partial charge in [-0.3, -0.25) is 4.79 Å². The van der Waals surface area contributed by atoms with Gasteiger partial charge >= 0.3 is 5.97 Å². The van der Waals surface area contributed by atoms with Crippen LogP contribution in [0.4, 0.5) is 0 Å². The lowest BCUT2D eigenvalue weighted by Crippen LogP contribution is -2.43. The van der Waals surface area contributed by atoms with Crippen molar-refractivity contribution in [2.45, 2.75) is 25.3 Å². The van der Waals surface area contributed by atoms with Crippen molar-refractivity contribution in [3.8, 4) is 0 Å². The fourth-order valence-corrected chi connectivity index (χ4v) is 3.04.